The molecule has 0 saturated carbocycles. The first-order chi connectivity index (χ1) is 9.68. The molecule has 21 heavy (non-hydrogen) atoms. The normalized spacial score (nSPS) is 13.5. The van der Waals surface area contributed by atoms with E-state index in [1.54, 1.807) is 0 Å². The van der Waals surface area contributed by atoms with Gasteiger partial charge in [0, 0.05) is 16.4 Å². The Labute approximate surface area is 135 Å². The summed E-state index contributed by atoms with van der Waals surface area (Å²) in [4.78, 5) is 0. The lowest BCUT2D eigenvalue weighted by atomic mass is 9.85. The molecular formula is C19H28ClN. The van der Waals surface area contributed by atoms with Crippen LogP contribution in [0.4, 0.5) is 5.69 Å². The van der Waals surface area contributed by atoms with Gasteiger partial charge in [-0.3, -0.25) is 0 Å². The Morgan fingerprint density at radius 3 is 2.10 bits per heavy atom. The highest BCUT2D eigenvalue weighted by Gasteiger charge is 2.14. The van der Waals surface area contributed by atoms with Gasteiger partial charge in [-0.15, -0.1) is 0 Å². The third-order valence-corrected chi connectivity index (χ3v) is 4.23. The zero-order chi connectivity index (χ0) is 16.2. The van der Waals surface area contributed by atoms with Gasteiger partial charge in [-0.05, 0) is 67.5 Å². The summed E-state index contributed by atoms with van der Waals surface area (Å²) in [6.45, 7) is 15.1. The van der Waals surface area contributed by atoms with Gasteiger partial charge < -0.3 is 5.32 Å². The summed E-state index contributed by atoms with van der Waals surface area (Å²) in [5.74, 6) is 0. The van der Waals surface area contributed by atoms with Crippen LogP contribution >= 0.6 is 11.6 Å². The topological polar surface area (TPSA) is 12.0 Å². The summed E-state index contributed by atoms with van der Waals surface area (Å²) in [6.07, 6.45) is 5.42. The second-order valence-corrected chi connectivity index (χ2v) is 6.94. The number of hydrogen-bond donors (Lipinski definition) is 1. The third-order valence-electron chi connectivity index (χ3n) is 3.63. The molecule has 116 valence electrons. The van der Waals surface area contributed by atoms with Crippen LogP contribution in [0.15, 0.2) is 35.6 Å². The van der Waals surface area contributed by atoms with E-state index >= 15 is 0 Å². The second-order valence-electron chi connectivity index (χ2n) is 6.57. The first-order valence-corrected chi connectivity index (χ1v) is 7.98. The van der Waals surface area contributed by atoms with E-state index in [1.807, 2.05) is 13.8 Å². The van der Waals surface area contributed by atoms with Crippen molar-refractivity contribution in [1.82, 2.24) is 0 Å². The SMILES string of the molecule is C/C=C(\C=C(/CC)Nc1cc(C)c(Cl)c(C)c1)C(C)(C)C. The Morgan fingerprint density at radius 1 is 1.19 bits per heavy atom. The van der Waals surface area contributed by atoms with E-state index in [1.165, 1.54) is 11.3 Å². The molecule has 1 rings (SSSR count). The highest BCUT2D eigenvalue weighted by molar-refractivity contribution is 6.32. The van der Waals surface area contributed by atoms with Crippen LogP contribution in [-0.2, 0) is 0 Å². The summed E-state index contributed by atoms with van der Waals surface area (Å²) >= 11 is 6.24. The quantitative estimate of drug-likeness (QED) is 0.614. The van der Waals surface area contributed by atoms with Crippen molar-refractivity contribution in [3.8, 4) is 0 Å². The molecule has 0 heterocycles. The molecule has 2 heteroatoms. The lowest BCUT2D eigenvalue weighted by molar-refractivity contribution is 0.515. The molecule has 0 saturated heterocycles. The molecule has 1 N–H and O–H groups in total. The summed E-state index contributed by atoms with van der Waals surface area (Å²) in [5.41, 5.74) is 6.04. The summed E-state index contributed by atoms with van der Waals surface area (Å²) in [5, 5.41) is 4.39. The molecule has 0 fully saturated rings. The predicted octanol–water partition coefficient (Wildman–Crippen LogP) is 6.66. The van der Waals surface area contributed by atoms with E-state index in [4.69, 9.17) is 11.6 Å². The van der Waals surface area contributed by atoms with Gasteiger partial charge in [-0.25, -0.2) is 0 Å². The van der Waals surface area contributed by atoms with Gasteiger partial charge in [0.25, 0.3) is 0 Å². The molecule has 0 aromatic heterocycles. The van der Waals surface area contributed by atoms with Crippen LogP contribution in [0, 0.1) is 19.3 Å². The third kappa shape index (κ3) is 4.93. The van der Waals surface area contributed by atoms with Crippen LogP contribution < -0.4 is 5.32 Å². The second kappa shape index (κ2) is 7.17. The minimum atomic E-state index is 0.155. The summed E-state index contributed by atoms with van der Waals surface area (Å²) in [6, 6.07) is 4.20. The lowest BCUT2D eigenvalue weighted by Crippen LogP contribution is -2.09. The van der Waals surface area contributed by atoms with Gasteiger partial charge >= 0.3 is 0 Å². The largest absolute Gasteiger partial charge is 0.359 e. The molecule has 0 aliphatic carbocycles. The van der Waals surface area contributed by atoms with Crippen molar-refractivity contribution in [2.24, 2.45) is 5.41 Å². The summed E-state index contributed by atoms with van der Waals surface area (Å²) in [7, 11) is 0. The van der Waals surface area contributed by atoms with Gasteiger partial charge in [-0.1, -0.05) is 45.4 Å². The molecule has 1 aromatic rings. The molecule has 0 radical (unpaired) electrons. The Balaban J connectivity index is 3.08. The minimum Gasteiger partial charge on any atom is -0.359 e. The molecule has 1 nitrogen and oxygen atoms in total. The zero-order valence-corrected chi connectivity index (χ0v) is 15.2. The number of anilines is 1. The Bertz CT molecular complexity index is 536. The number of halogens is 1. The summed E-state index contributed by atoms with van der Waals surface area (Å²) < 4.78 is 0. The van der Waals surface area contributed by atoms with Crippen molar-refractivity contribution < 1.29 is 0 Å². The highest BCUT2D eigenvalue weighted by Crippen LogP contribution is 2.29. The van der Waals surface area contributed by atoms with Crippen LogP contribution in [0.5, 0.6) is 0 Å². The number of hydrogen-bond acceptors (Lipinski definition) is 1. The molecule has 0 aliphatic rings. The van der Waals surface area contributed by atoms with E-state index in [9.17, 15) is 0 Å². The molecule has 0 aliphatic heterocycles. The van der Waals surface area contributed by atoms with Crippen molar-refractivity contribution in [3.63, 3.8) is 0 Å². The van der Waals surface area contributed by atoms with Crippen LogP contribution in [0.1, 0.15) is 52.2 Å². The standard InChI is InChI=1S/C19H28ClN/c1-8-15(19(5,6)7)12-16(9-2)21-17-10-13(3)18(20)14(4)11-17/h8,10-12,21H,9H2,1-7H3/b15-8+,16-12+. The van der Waals surface area contributed by atoms with Crippen LogP contribution in [-0.4, -0.2) is 0 Å². The van der Waals surface area contributed by atoms with Gasteiger partial charge in [0.05, 0.1) is 0 Å². The van der Waals surface area contributed by atoms with Crippen LogP contribution in [0.2, 0.25) is 5.02 Å². The van der Waals surface area contributed by atoms with Crippen LogP contribution in [0.25, 0.3) is 0 Å². The zero-order valence-electron chi connectivity index (χ0n) is 14.4. The van der Waals surface area contributed by atoms with E-state index in [-0.39, 0.29) is 5.41 Å². The average Bonchev–Trinajstić information content (AvgIpc) is 2.39. The first kappa shape index (κ1) is 17.8. The molecule has 0 amide bonds. The van der Waals surface area contributed by atoms with Crippen molar-refractivity contribution >= 4 is 17.3 Å². The Morgan fingerprint density at radius 2 is 1.71 bits per heavy atom. The van der Waals surface area contributed by atoms with Gasteiger partial charge in [-0.2, -0.15) is 0 Å². The first-order valence-electron chi connectivity index (χ1n) is 7.60. The molecule has 1 aromatic carbocycles. The maximum Gasteiger partial charge on any atom is 0.0465 e. The Hall–Kier alpha value is -1.21. The van der Waals surface area contributed by atoms with Crippen molar-refractivity contribution in [2.75, 3.05) is 5.32 Å². The lowest BCUT2D eigenvalue weighted by Gasteiger charge is -2.22. The Kier molecular flexibility index (Phi) is 6.10. The average molecular weight is 306 g/mol. The smallest absolute Gasteiger partial charge is 0.0465 e. The fourth-order valence-electron chi connectivity index (χ4n) is 2.35. The molecule has 0 spiro atoms. The molecular weight excluding hydrogens is 278 g/mol. The van der Waals surface area contributed by atoms with Gasteiger partial charge in [0.2, 0.25) is 0 Å². The van der Waals surface area contributed by atoms with E-state index in [2.05, 4.69) is 64.2 Å². The fraction of sp³-hybridized carbons (Fsp3) is 0.474. The maximum absolute atomic E-state index is 6.24. The highest BCUT2D eigenvalue weighted by atomic mass is 35.5. The number of nitrogens with one attached hydrogen (secondary N) is 1. The fourth-order valence-corrected chi connectivity index (χ4v) is 2.46. The molecule has 0 unspecified atom stereocenters. The van der Waals surface area contributed by atoms with E-state index in [0.717, 1.165) is 28.3 Å². The van der Waals surface area contributed by atoms with Crippen molar-refractivity contribution in [1.29, 1.82) is 0 Å². The van der Waals surface area contributed by atoms with Gasteiger partial charge in [0.15, 0.2) is 0 Å². The van der Waals surface area contributed by atoms with Crippen molar-refractivity contribution in [2.45, 2.75) is 54.9 Å². The monoisotopic (exact) mass is 305 g/mol. The molecule has 0 atom stereocenters. The number of benzene rings is 1. The predicted molar refractivity (Wildman–Crippen MR) is 96.1 cm³/mol. The van der Waals surface area contributed by atoms with Crippen molar-refractivity contribution in [3.05, 3.63) is 51.7 Å². The number of allylic oxidation sites excluding steroid dienone is 4. The van der Waals surface area contributed by atoms with Crippen LogP contribution in [0.3, 0.4) is 0 Å². The maximum atomic E-state index is 6.24. The molecule has 0 bridgehead atoms. The number of aryl methyl sites for hydroxylation is 2. The number of rotatable bonds is 4. The van der Waals surface area contributed by atoms with Gasteiger partial charge in [0.1, 0.15) is 0 Å². The van der Waals surface area contributed by atoms with E-state index in [0.29, 0.717) is 0 Å². The minimum absolute atomic E-state index is 0.155. The van der Waals surface area contributed by atoms with E-state index < -0.39 is 0 Å².